The normalized spacial score (nSPS) is 13.7. The highest BCUT2D eigenvalue weighted by Gasteiger charge is 2.38. The maximum Gasteiger partial charge on any atom is 0.422 e. The molecule has 2 N–H and O–H groups in total. The Bertz CT molecular complexity index is 1630. The number of Topliss-reactive ketones (excluding diaryl/α,β-unsaturated/α-hetero) is 1. The predicted octanol–water partition coefficient (Wildman–Crippen LogP) is 7.87. The summed E-state index contributed by atoms with van der Waals surface area (Å²) in [7, 11) is 0. The van der Waals surface area contributed by atoms with E-state index in [2.05, 4.69) is 25.3 Å². The van der Waals surface area contributed by atoms with E-state index in [9.17, 15) is 40.7 Å². The highest BCUT2D eigenvalue weighted by atomic mass is 19.4. The summed E-state index contributed by atoms with van der Waals surface area (Å²) in [4.78, 5) is 45.1. The average molecular weight is 667 g/mol. The lowest BCUT2D eigenvalue weighted by Crippen LogP contribution is -2.28. The summed E-state index contributed by atoms with van der Waals surface area (Å²) >= 11 is 0. The monoisotopic (exact) mass is 666 g/mol. The zero-order valence-corrected chi connectivity index (χ0v) is 25.6. The molecule has 1 aromatic heterocycles. The van der Waals surface area contributed by atoms with Crippen molar-refractivity contribution in [1.29, 1.82) is 0 Å². The molecule has 1 aliphatic rings. The zero-order valence-electron chi connectivity index (χ0n) is 25.6. The number of nitrogens with zero attached hydrogens (tertiary/aromatic N) is 2. The van der Waals surface area contributed by atoms with Gasteiger partial charge in [0.1, 0.15) is 17.2 Å². The SMILES string of the molecule is CC(C)(C)OC(=O)Nc1cc(OCC(F)(F)F)c(C(F)(F)F)cc1NC(=O)CC(=O)c1cccc(-c2ccnc(N3CCCC3)c2)c1. The minimum Gasteiger partial charge on any atom is -0.483 e. The number of hydrogen-bond acceptors (Lipinski definition) is 7. The molecule has 0 radical (unpaired) electrons. The second-order valence-corrected chi connectivity index (χ2v) is 11.7. The molecule has 1 fully saturated rings. The van der Waals surface area contributed by atoms with Gasteiger partial charge in [0, 0.05) is 30.9 Å². The molecule has 0 spiro atoms. The number of anilines is 3. The number of ketones is 1. The van der Waals surface area contributed by atoms with Gasteiger partial charge in [0.25, 0.3) is 0 Å². The summed E-state index contributed by atoms with van der Waals surface area (Å²) in [5.74, 6) is -2.18. The maximum atomic E-state index is 13.9. The van der Waals surface area contributed by atoms with Gasteiger partial charge in [0.05, 0.1) is 23.4 Å². The number of halogens is 6. The van der Waals surface area contributed by atoms with Crippen LogP contribution < -0.4 is 20.3 Å². The largest absolute Gasteiger partial charge is 0.483 e. The third-order valence-corrected chi connectivity index (χ3v) is 6.74. The van der Waals surface area contributed by atoms with Crippen molar-refractivity contribution in [2.75, 3.05) is 35.2 Å². The van der Waals surface area contributed by atoms with E-state index in [-0.39, 0.29) is 5.56 Å². The Morgan fingerprint density at radius 1 is 0.872 bits per heavy atom. The van der Waals surface area contributed by atoms with Crippen LogP contribution in [0.3, 0.4) is 0 Å². The van der Waals surface area contributed by atoms with Gasteiger partial charge in [0.2, 0.25) is 5.91 Å². The Labute approximate surface area is 266 Å². The number of rotatable bonds is 9. The Balaban J connectivity index is 1.58. The Morgan fingerprint density at radius 2 is 1.53 bits per heavy atom. The first-order valence-electron chi connectivity index (χ1n) is 14.5. The zero-order chi connectivity index (χ0) is 34.6. The van der Waals surface area contributed by atoms with Crippen LogP contribution >= 0.6 is 0 Å². The van der Waals surface area contributed by atoms with Crippen molar-refractivity contribution in [2.24, 2.45) is 0 Å². The topological polar surface area (TPSA) is 110 Å². The van der Waals surface area contributed by atoms with E-state index in [1.54, 1.807) is 30.5 Å². The van der Waals surface area contributed by atoms with Crippen molar-refractivity contribution in [1.82, 2.24) is 4.98 Å². The van der Waals surface area contributed by atoms with Gasteiger partial charge in [-0.05, 0) is 69.0 Å². The molecule has 1 saturated heterocycles. The first kappa shape index (κ1) is 35.0. The van der Waals surface area contributed by atoms with Gasteiger partial charge in [-0.1, -0.05) is 18.2 Å². The molecule has 47 heavy (non-hydrogen) atoms. The first-order valence-corrected chi connectivity index (χ1v) is 14.5. The Hall–Kier alpha value is -4.82. The molecule has 15 heteroatoms. The fourth-order valence-electron chi connectivity index (χ4n) is 4.73. The number of amides is 2. The van der Waals surface area contributed by atoms with Crippen LogP contribution in [0.15, 0.2) is 54.7 Å². The lowest BCUT2D eigenvalue weighted by Gasteiger charge is -2.22. The highest BCUT2D eigenvalue weighted by molar-refractivity contribution is 6.12. The average Bonchev–Trinajstić information content (AvgIpc) is 3.50. The van der Waals surface area contributed by atoms with E-state index < -0.39 is 71.5 Å². The summed E-state index contributed by atoms with van der Waals surface area (Å²) < 4.78 is 89.5. The molecule has 0 unspecified atom stereocenters. The van der Waals surface area contributed by atoms with Gasteiger partial charge >= 0.3 is 18.4 Å². The molecular weight excluding hydrogens is 634 g/mol. The summed E-state index contributed by atoms with van der Waals surface area (Å²) in [5, 5.41) is 4.28. The minimum absolute atomic E-state index is 0.149. The third kappa shape index (κ3) is 10.1. The number of pyridine rings is 1. The molecule has 3 aromatic rings. The van der Waals surface area contributed by atoms with E-state index in [4.69, 9.17) is 4.74 Å². The van der Waals surface area contributed by atoms with Crippen LogP contribution in [0.25, 0.3) is 11.1 Å². The summed E-state index contributed by atoms with van der Waals surface area (Å²) in [5.41, 5.74) is -2.31. The van der Waals surface area contributed by atoms with Crippen LogP contribution in [0.1, 0.15) is 56.0 Å². The van der Waals surface area contributed by atoms with Crippen molar-refractivity contribution < 1.29 is 50.2 Å². The van der Waals surface area contributed by atoms with Crippen molar-refractivity contribution in [3.05, 3.63) is 65.9 Å². The second-order valence-electron chi connectivity index (χ2n) is 11.7. The molecule has 252 valence electrons. The molecule has 0 atom stereocenters. The van der Waals surface area contributed by atoms with Crippen LogP contribution in [-0.4, -0.2) is 54.2 Å². The number of carbonyl (C=O) groups excluding carboxylic acids is 3. The number of aromatic nitrogens is 1. The van der Waals surface area contributed by atoms with Crippen LogP contribution in [0.2, 0.25) is 0 Å². The predicted molar refractivity (Wildman–Crippen MR) is 162 cm³/mol. The molecule has 2 heterocycles. The minimum atomic E-state index is -5.22. The van der Waals surface area contributed by atoms with E-state index in [0.29, 0.717) is 17.7 Å². The van der Waals surface area contributed by atoms with Gasteiger partial charge in [0.15, 0.2) is 12.4 Å². The highest BCUT2D eigenvalue weighted by Crippen LogP contribution is 2.42. The lowest BCUT2D eigenvalue weighted by atomic mass is 10.0. The number of carbonyl (C=O) groups is 3. The molecule has 0 bridgehead atoms. The third-order valence-electron chi connectivity index (χ3n) is 6.74. The number of benzene rings is 2. The van der Waals surface area contributed by atoms with Gasteiger partial charge < -0.3 is 19.7 Å². The number of ether oxygens (including phenoxy) is 2. The number of hydrogen-bond donors (Lipinski definition) is 2. The summed E-state index contributed by atoms with van der Waals surface area (Å²) in [6, 6.07) is 10.9. The molecule has 9 nitrogen and oxygen atoms in total. The summed E-state index contributed by atoms with van der Waals surface area (Å²) in [6.07, 6.45) is -8.40. The quantitative estimate of drug-likeness (QED) is 0.136. The first-order chi connectivity index (χ1) is 21.9. The van der Waals surface area contributed by atoms with Gasteiger partial charge in [-0.25, -0.2) is 9.78 Å². The Kier molecular flexibility index (Phi) is 10.4. The van der Waals surface area contributed by atoms with Crippen molar-refractivity contribution in [3.8, 4) is 16.9 Å². The maximum absolute atomic E-state index is 13.9. The van der Waals surface area contributed by atoms with Gasteiger partial charge in [-0.15, -0.1) is 0 Å². The van der Waals surface area contributed by atoms with E-state index in [1.807, 2.05) is 6.07 Å². The molecule has 2 aromatic carbocycles. The molecule has 4 rings (SSSR count). The van der Waals surface area contributed by atoms with Crippen LogP contribution in [0.5, 0.6) is 5.75 Å². The van der Waals surface area contributed by atoms with E-state index >= 15 is 0 Å². The fourth-order valence-corrected chi connectivity index (χ4v) is 4.73. The molecule has 0 aliphatic carbocycles. The molecule has 0 saturated carbocycles. The fraction of sp³-hybridized carbons (Fsp3) is 0.375. The molecule has 2 amide bonds. The molecule has 1 aliphatic heterocycles. The van der Waals surface area contributed by atoms with Gasteiger partial charge in [-0.3, -0.25) is 14.9 Å². The number of alkyl halides is 6. The number of nitrogens with one attached hydrogen (secondary N) is 2. The van der Waals surface area contributed by atoms with Crippen LogP contribution in [-0.2, 0) is 15.7 Å². The molecular formula is C32H32F6N4O5. The van der Waals surface area contributed by atoms with Crippen LogP contribution in [0, 0.1) is 0 Å². The van der Waals surface area contributed by atoms with Crippen molar-refractivity contribution >= 4 is 35.0 Å². The van der Waals surface area contributed by atoms with Gasteiger partial charge in [-0.2, -0.15) is 26.3 Å². The Morgan fingerprint density at radius 3 is 2.17 bits per heavy atom. The van der Waals surface area contributed by atoms with E-state index in [1.165, 1.54) is 26.8 Å². The standard InChI is InChI=1S/C32H32F6N4O5/c1-30(2,3)47-29(45)41-24-16-26(46-18-31(33,34)35)22(32(36,37)38)15-23(24)40-28(44)17-25(43)21-8-6-7-19(13-21)20-9-10-39-27(14-20)42-11-4-5-12-42/h6-10,13-16H,4-5,11-12,17-18H2,1-3H3,(H,40,44)(H,41,45). The van der Waals surface area contributed by atoms with Crippen molar-refractivity contribution in [2.45, 2.75) is 58.0 Å². The lowest BCUT2D eigenvalue weighted by molar-refractivity contribution is -0.158. The smallest absolute Gasteiger partial charge is 0.422 e. The summed E-state index contributed by atoms with van der Waals surface area (Å²) in [6.45, 7) is 4.21. The second kappa shape index (κ2) is 13.9. The van der Waals surface area contributed by atoms with E-state index in [0.717, 1.165) is 37.3 Å². The van der Waals surface area contributed by atoms with Crippen LogP contribution in [0.4, 0.5) is 48.3 Å². The van der Waals surface area contributed by atoms with Crippen molar-refractivity contribution in [3.63, 3.8) is 0 Å².